The van der Waals surface area contributed by atoms with Crippen LogP contribution in [-0.2, 0) is 23.9 Å². The first-order valence-corrected chi connectivity index (χ1v) is 11.8. The van der Waals surface area contributed by atoms with E-state index in [1.807, 2.05) is 22.9 Å². The Kier molecular flexibility index (Phi) is 6.74. The third-order valence-corrected chi connectivity index (χ3v) is 7.17. The van der Waals surface area contributed by atoms with E-state index >= 15 is 0 Å². The van der Waals surface area contributed by atoms with Crippen LogP contribution in [0.15, 0.2) is 47.2 Å². The quantitative estimate of drug-likeness (QED) is 0.543. The molecule has 0 saturated carbocycles. The molecule has 1 N–H and O–H groups in total. The van der Waals surface area contributed by atoms with E-state index in [-0.39, 0.29) is 18.4 Å². The Balaban J connectivity index is 1.23. The number of likely N-dealkylation sites (tertiary alicyclic amines) is 1. The fourth-order valence-electron chi connectivity index (χ4n) is 3.68. The number of halogens is 3. The van der Waals surface area contributed by atoms with Gasteiger partial charge in [-0.05, 0) is 35.9 Å². The molecule has 0 atom stereocenters. The summed E-state index contributed by atoms with van der Waals surface area (Å²) in [5.41, 5.74) is 0.812. The maximum atomic E-state index is 12.9. The van der Waals surface area contributed by atoms with Gasteiger partial charge in [-0.3, -0.25) is 9.69 Å². The van der Waals surface area contributed by atoms with Gasteiger partial charge in [0.15, 0.2) is 0 Å². The number of nitrogens with one attached hydrogen (secondary N) is 1. The Bertz CT molecular complexity index is 1010. The number of amides is 1. The Morgan fingerprint density at radius 3 is 2.68 bits per heavy atom. The monoisotopic (exact) mass is 465 g/mol. The van der Waals surface area contributed by atoms with Crippen LogP contribution in [0.2, 0.25) is 0 Å². The number of carbonyl (C=O) groups is 1. The molecule has 4 rings (SSSR count). The highest BCUT2D eigenvalue weighted by molar-refractivity contribution is 7.20. The summed E-state index contributed by atoms with van der Waals surface area (Å²) in [5.74, 6) is -0.0423. The zero-order valence-electron chi connectivity index (χ0n) is 16.7. The maximum Gasteiger partial charge on any atom is 0.416 e. The van der Waals surface area contributed by atoms with E-state index in [0.29, 0.717) is 12.1 Å². The highest BCUT2D eigenvalue weighted by Gasteiger charge is 2.30. The van der Waals surface area contributed by atoms with Crippen molar-refractivity contribution in [2.75, 3.05) is 13.1 Å². The summed E-state index contributed by atoms with van der Waals surface area (Å²) in [6, 6.07) is 9.56. The molecule has 2 aromatic heterocycles. The molecule has 0 spiro atoms. The molecule has 3 heterocycles. The summed E-state index contributed by atoms with van der Waals surface area (Å²) in [7, 11) is 0. The van der Waals surface area contributed by atoms with Crippen LogP contribution in [-0.4, -0.2) is 34.9 Å². The average Bonchev–Trinajstić information content (AvgIpc) is 3.41. The molecular formula is C22H22F3N3OS2. The minimum absolute atomic E-state index is 0.0423. The van der Waals surface area contributed by atoms with Gasteiger partial charge in [0.25, 0.3) is 0 Å². The van der Waals surface area contributed by atoms with Crippen molar-refractivity contribution in [1.82, 2.24) is 15.2 Å². The molecule has 9 heteroatoms. The third kappa shape index (κ3) is 5.93. The van der Waals surface area contributed by atoms with Gasteiger partial charge in [0.1, 0.15) is 5.01 Å². The molecule has 1 aromatic carbocycles. The molecule has 0 radical (unpaired) electrons. The second-order valence-electron chi connectivity index (χ2n) is 7.61. The third-order valence-electron chi connectivity index (χ3n) is 5.24. The molecule has 1 aliphatic heterocycles. The van der Waals surface area contributed by atoms with Crippen molar-refractivity contribution < 1.29 is 18.0 Å². The van der Waals surface area contributed by atoms with E-state index in [9.17, 15) is 18.0 Å². The van der Waals surface area contributed by atoms with E-state index in [2.05, 4.69) is 15.2 Å². The predicted octanol–water partition coefficient (Wildman–Crippen LogP) is 5.21. The van der Waals surface area contributed by atoms with Crippen LogP contribution < -0.4 is 5.32 Å². The van der Waals surface area contributed by atoms with Crippen LogP contribution in [0, 0.1) is 0 Å². The smallest absolute Gasteiger partial charge is 0.353 e. The summed E-state index contributed by atoms with van der Waals surface area (Å²) < 4.78 is 38.7. The first-order chi connectivity index (χ1) is 14.9. The Morgan fingerprint density at radius 1 is 1.16 bits per heavy atom. The number of piperidine rings is 1. The molecule has 0 bridgehead atoms. The number of thiophene rings is 1. The van der Waals surface area contributed by atoms with E-state index < -0.39 is 11.7 Å². The molecule has 4 nitrogen and oxygen atoms in total. The van der Waals surface area contributed by atoms with Crippen molar-refractivity contribution in [3.8, 4) is 9.88 Å². The van der Waals surface area contributed by atoms with Gasteiger partial charge in [0.2, 0.25) is 5.91 Å². The van der Waals surface area contributed by atoms with Gasteiger partial charge >= 0.3 is 6.18 Å². The zero-order chi connectivity index (χ0) is 21.8. The van der Waals surface area contributed by atoms with E-state index in [0.717, 1.165) is 47.6 Å². The molecule has 3 aromatic rings. The van der Waals surface area contributed by atoms with Crippen molar-refractivity contribution in [2.24, 2.45) is 0 Å². The number of hydrogen-bond acceptors (Lipinski definition) is 5. The summed E-state index contributed by atoms with van der Waals surface area (Å²) in [6.45, 7) is 1.95. The normalized spacial score (nSPS) is 15.8. The minimum Gasteiger partial charge on any atom is -0.353 e. The molecule has 1 saturated heterocycles. The summed E-state index contributed by atoms with van der Waals surface area (Å²) in [5, 5.41) is 7.93. The highest BCUT2D eigenvalue weighted by Crippen LogP contribution is 2.30. The van der Waals surface area contributed by atoms with E-state index in [1.54, 1.807) is 28.7 Å². The lowest BCUT2D eigenvalue weighted by Crippen LogP contribution is -2.44. The molecule has 31 heavy (non-hydrogen) atoms. The second-order valence-corrected chi connectivity index (χ2v) is 9.42. The number of aromatic nitrogens is 1. The summed E-state index contributed by atoms with van der Waals surface area (Å²) in [6.07, 6.45) is -2.51. The highest BCUT2D eigenvalue weighted by atomic mass is 32.1. The standard InChI is InChI=1S/C22H22F3N3OS2/c23-22(24,25)16-4-1-3-15(11-16)13-28-8-6-17(7-9-28)26-20(29)12-18-14-31-21(27-18)19-5-2-10-30-19/h1-5,10-11,14,17H,6-9,12-13H2,(H,26,29). The topological polar surface area (TPSA) is 45.2 Å². The fourth-order valence-corrected chi connectivity index (χ4v) is 5.32. The Labute approximate surface area is 186 Å². The molecule has 0 unspecified atom stereocenters. The van der Waals surface area contributed by atoms with Crippen molar-refractivity contribution >= 4 is 28.6 Å². The first-order valence-electron chi connectivity index (χ1n) is 10.0. The fraction of sp³-hybridized carbons (Fsp3) is 0.364. The average molecular weight is 466 g/mol. The van der Waals surface area contributed by atoms with Crippen molar-refractivity contribution in [3.63, 3.8) is 0 Å². The largest absolute Gasteiger partial charge is 0.416 e. The number of alkyl halides is 3. The number of thiazole rings is 1. The van der Waals surface area contributed by atoms with Gasteiger partial charge in [-0.25, -0.2) is 4.98 Å². The van der Waals surface area contributed by atoms with Crippen LogP contribution >= 0.6 is 22.7 Å². The van der Waals surface area contributed by atoms with Gasteiger partial charge < -0.3 is 5.32 Å². The zero-order valence-corrected chi connectivity index (χ0v) is 18.3. The molecular weight excluding hydrogens is 443 g/mol. The van der Waals surface area contributed by atoms with Gasteiger partial charge in [0.05, 0.1) is 22.6 Å². The van der Waals surface area contributed by atoms with Gasteiger partial charge in [-0.1, -0.05) is 24.3 Å². The number of carbonyl (C=O) groups excluding carboxylic acids is 1. The van der Waals surface area contributed by atoms with Crippen molar-refractivity contribution in [2.45, 2.75) is 38.0 Å². The van der Waals surface area contributed by atoms with Gasteiger partial charge in [-0.2, -0.15) is 13.2 Å². The minimum atomic E-state index is -4.32. The SMILES string of the molecule is O=C(Cc1csc(-c2cccs2)n1)NC1CCN(Cc2cccc(C(F)(F)F)c2)CC1. The van der Waals surface area contributed by atoms with E-state index in [4.69, 9.17) is 0 Å². The number of nitrogens with zero attached hydrogens (tertiary/aromatic N) is 2. The molecule has 1 fully saturated rings. The van der Waals surface area contributed by atoms with E-state index in [1.165, 1.54) is 12.1 Å². The van der Waals surface area contributed by atoms with Crippen LogP contribution in [0.4, 0.5) is 13.2 Å². The molecule has 164 valence electrons. The van der Waals surface area contributed by atoms with Crippen molar-refractivity contribution in [3.05, 3.63) is 64.0 Å². The second kappa shape index (κ2) is 9.50. The number of hydrogen-bond donors (Lipinski definition) is 1. The van der Waals surface area contributed by atoms with Gasteiger partial charge in [0, 0.05) is 31.1 Å². The maximum absolute atomic E-state index is 12.9. The van der Waals surface area contributed by atoms with Crippen molar-refractivity contribution in [1.29, 1.82) is 0 Å². The lowest BCUT2D eigenvalue weighted by Gasteiger charge is -2.32. The lowest BCUT2D eigenvalue weighted by atomic mass is 10.0. The number of benzene rings is 1. The number of rotatable bonds is 6. The molecule has 1 amide bonds. The lowest BCUT2D eigenvalue weighted by molar-refractivity contribution is -0.137. The Hall–Kier alpha value is -2.23. The van der Waals surface area contributed by atoms with Gasteiger partial charge in [-0.15, -0.1) is 22.7 Å². The molecule has 0 aliphatic carbocycles. The Morgan fingerprint density at radius 2 is 1.97 bits per heavy atom. The van der Waals surface area contributed by atoms with Crippen LogP contribution in [0.3, 0.4) is 0 Å². The van der Waals surface area contributed by atoms with Crippen LogP contribution in [0.1, 0.15) is 29.7 Å². The first kappa shape index (κ1) is 22.0. The summed E-state index contributed by atoms with van der Waals surface area (Å²) in [4.78, 5) is 20.2. The predicted molar refractivity (Wildman–Crippen MR) is 117 cm³/mol. The summed E-state index contributed by atoms with van der Waals surface area (Å²) >= 11 is 3.17. The van der Waals surface area contributed by atoms with Crippen LogP contribution in [0.25, 0.3) is 9.88 Å². The van der Waals surface area contributed by atoms with Crippen LogP contribution in [0.5, 0.6) is 0 Å². The molecule has 1 aliphatic rings.